The van der Waals surface area contributed by atoms with Gasteiger partial charge in [0.15, 0.2) is 17.4 Å². The molecule has 3 N–H and O–H groups in total. The van der Waals surface area contributed by atoms with E-state index in [1.54, 1.807) is 6.07 Å². The molecule has 6 nitrogen and oxygen atoms in total. The van der Waals surface area contributed by atoms with E-state index in [4.69, 9.17) is 15.2 Å². The van der Waals surface area contributed by atoms with E-state index in [1.165, 1.54) is 25.6 Å². The molecule has 0 saturated heterocycles. The van der Waals surface area contributed by atoms with E-state index in [0.717, 1.165) is 0 Å². The second kappa shape index (κ2) is 6.05. The van der Waals surface area contributed by atoms with Gasteiger partial charge in [0.05, 0.1) is 13.7 Å². The van der Waals surface area contributed by atoms with Gasteiger partial charge in [-0.2, -0.15) is 4.98 Å². The average molecular weight is 278 g/mol. The lowest BCUT2D eigenvalue weighted by molar-refractivity contribution is 0.328. The highest BCUT2D eigenvalue weighted by Gasteiger charge is 2.10. The summed E-state index contributed by atoms with van der Waals surface area (Å²) in [6, 6.07) is 4.36. The summed E-state index contributed by atoms with van der Waals surface area (Å²) in [7, 11) is 1.40. The number of benzene rings is 1. The first-order valence-electron chi connectivity index (χ1n) is 5.99. The van der Waals surface area contributed by atoms with Gasteiger partial charge in [0.1, 0.15) is 12.0 Å². The van der Waals surface area contributed by atoms with Gasteiger partial charge >= 0.3 is 0 Å². The number of hydrogen-bond acceptors (Lipinski definition) is 6. The number of nitrogens with one attached hydrogen (secondary N) is 1. The zero-order valence-electron chi connectivity index (χ0n) is 11.2. The molecule has 1 aromatic heterocycles. The minimum Gasteiger partial charge on any atom is -0.494 e. The van der Waals surface area contributed by atoms with E-state index in [9.17, 15) is 4.39 Å². The molecule has 0 fully saturated rings. The summed E-state index contributed by atoms with van der Waals surface area (Å²) < 4.78 is 23.5. The third-order valence-electron chi connectivity index (χ3n) is 2.54. The van der Waals surface area contributed by atoms with Crippen molar-refractivity contribution in [2.45, 2.75) is 6.92 Å². The summed E-state index contributed by atoms with van der Waals surface area (Å²) in [4.78, 5) is 7.97. The van der Waals surface area contributed by atoms with Gasteiger partial charge in [0.2, 0.25) is 5.88 Å². The molecule has 0 aliphatic rings. The molecule has 1 heterocycles. The van der Waals surface area contributed by atoms with Crippen LogP contribution in [0.5, 0.6) is 11.6 Å². The van der Waals surface area contributed by atoms with Crippen LogP contribution in [-0.2, 0) is 0 Å². The summed E-state index contributed by atoms with van der Waals surface area (Å²) in [5.41, 5.74) is 6.78. The number of methoxy groups -OCH3 is 1. The standard InChI is InChI=1S/C13H15FN4O2/c1-3-20-13-11(15)12(16-7-17-13)18-8-4-5-9(14)10(6-8)19-2/h4-7H,3,15H2,1-2H3,(H,16,17,18). The normalized spacial score (nSPS) is 10.2. The molecule has 0 bridgehead atoms. The largest absolute Gasteiger partial charge is 0.494 e. The third kappa shape index (κ3) is 2.87. The fraction of sp³-hybridized carbons (Fsp3) is 0.231. The first kappa shape index (κ1) is 13.9. The Morgan fingerprint density at radius 1 is 1.35 bits per heavy atom. The van der Waals surface area contributed by atoms with Gasteiger partial charge in [-0.25, -0.2) is 9.37 Å². The van der Waals surface area contributed by atoms with Crippen LogP contribution in [0.2, 0.25) is 0 Å². The lowest BCUT2D eigenvalue weighted by Gasteiger charge is -2.12. The van der Waals surface area contributed by atoms with Crippen molar-refractivity contribution in [2.24, 2.45) is 0 Å². The highest BCUT2D eigenvalue weighted by molar-refractivity contribution is 5.72. The van der Waals surface area contributed by atoms with Crippen LogP contribution in [0.15, 0.2) is 24.5 Å². The molecule has 0 amide bonds. The van der Waals surface area contributed by atoms with Crippen molar-refractivity contribution in [3.8, 4) is 11.6 Å². The molecular formula is C13H15FN4O2. The monoisotopic (exact) mass is 278 g/mol. The number of hydrogen-bond donors (Lipinski definition) is 2. The Kier molecular flexibility index (Phi) is 4.19. The number of rotatable bonds is 5. The fourth-order valence-corrected chi connectivity index (χ4v) is 1.61. The Hall–Kier alpha value is -2.57. The molecule has 0 aliphatic heterocycles. The van der Waals surface area contributed by atoms with Crippen LogP contribution in [0.3, 0.4) is 0 Å². The molecule has 0 unspecified atom stereocenters. The highest BCUT2D eigenvalue weighted by Crippen LogP contribution is 2.29. The summed E-state index contributed by atoms with van der Waals surface area (Å²) in [6.45, 7) is 2.28. The zero-order valence-corrected chi connectivity index (χ0v) is 11.2. The maximum Gasteiger partial charge on any atom is 0.242 e. The molecule has 2 aromatic rings. The fourth-order valence-electron chi connectivity index (χ4n) is 1.61. The van der Waals surface area contributed by atoms with Gasteiger partial charge in [-0.3, -0.25) is 0 Å². The van der Waals surface area contributed by atoms with Crippen LogP contribution in [0.25, 0.3) is 0 Å². The van der Waals surface area contributed by atoms with Gasteiger partial charge in [-0.05, 0) is 19.1 Å². The quantitative estimate of drug-likeness (QED) is 0.873. The number of nitrogen functional groups attached to an aromatic ring is 1. The minimum atomic E-state index is -0.441. The second-order valence-electron chi connectivity index (χ2n) is 3.85. The maximum absolute atomic E-state index is 13.3. The Labute approximate surface area is 115 Å². The maximum atomic E-state index is 13.3. The van der Waals surface area contributed by atoms with Gasteiger partial charge < -0.3 is 20.5 Å². The smallest absolute Gasteiger partial charge is 0.242 e. The number of nitrogens with two attached hydrogens (primary N) is 1. The Balaban J connectivity index is 2.28. The van der Waals surface area contributed by atoms with E-state index in [-0.39, 0.29) is 11.4 Å². The molecule has 7 heteroatoms. The second-order valence-corrected chi connectivity index (χ2v) is 3.85. The molecule has 0 aliphatic carbocycles. The van der Waals surface area contributed by atoms with Crippen molar-refractivity contribution in [2.75, 3.05) is 24.8 Å². The van der Waals surface area contributed by atoms with E-state index in [0.29, 0.717) is 24.0 Å². The van der Waals surface area contributed by atoms with Crippen LogP contribution in [-0.4, -0.2) is 23.7 Å². The van der Waals surface area contributed by atoms with E-state index in [2.05, 4.69) is 15.3 Å². The SMILES string of the molecule is CCOc1ncnc(Nc2ccc(F)c(OC)c2)c1N. The van der Waals surface area contributed by atoms with Gasteiger partial charge in [0.25, 0.3) is 0 Å². The first-order valence-corrected chi connectivity index (χ1v) is 5.99. The molecule has 0 radical (unpaired) electrons. The molecule has 0 spiro atoms. The number of anilines is 3. The van der Waals surface area contributed by atoms with Crippen LogP contribution in [0.1, 0.15) is 6.92 Å². The van der Waals surface area contributed by atoms with E-state index >= 15 is 0 Å². The highest BCUT2D eigenvalue weighted by atomic mass is 19.1. The van der Waals surface area contributed by atoms with Crippen molar-refractivity contribution in [3.63, 3.8) is 0 Å². The summed E-state index contributed by atoms with van der Waals surface area (Å²) in [5.74, 6) is 0.382. The van der Waals surface area contributed by atoms with Crippen LogP contribution >= 0.6 is 0 Å². The van der Waals surface area contributed by atoms with E-state index < -0.39 is 5.82 Å². The Morgan fingerprint density at radius 2 is 2.15 bits per heavy atom. The lowest BCUT2D eigenvalue weighted by Crippen LogP contribution is -2.05. The van der Waals surface area contributed by atoms with E-state index in [1.807, 2.05) is 6.92 Å². The predicted octanol–water partition coefficient (Wildman–Crippen LogP) is 2.35. The topological polar surface area (TPSA) is 82.3 Å². The Morgan fingerprint density at radius 3 is 2.85 bits per heavy atom. The summed E-state index contributed by atoms with van der Waals surface area (Å²) in [5, 5.41) is 2.97. The minimum absolute atomic E-state index is 0.132. The number of ether oxygens (including phenoxy) is 2. The molecule has 106 valence electrons. The van der Waals surface area contributed by atoms with Gasteiger partial charge in [0, 0.05) is 11.8 Å². The molecule has 0 atom stereocenters. The average Bonchev–Trinajstić information content (AvgIpc) is 2.45. The summed E-state index contributed by atoms with van der Waals surface area (Å²) in [6.07, 6.45) is 1.34. The van der Waals surface area contributed by atoms with Crippen molar-refractivity contribution in [3.05, 3.63) is 30.3 Å². The number of nitrogens with zero attached hydrogens (tertiary/aromatic N) is 2. The van der Waals surface area contributed by atoms with Crippen LogP contribution < -0.4 is 20.5 Å². The molecule has 20 heavy (non-hydrogen) atoms. The van der Waals surface area contributed by atoms with Gasteiger partial charge in [-0.15, -0.1) is 0 Å². The molecule has 1 aromatic carbocycles. The number of halogens is 1. The zero-order chi connectivity index (χ0) is 14.5. The number of aromatic nitrogens is 2. The van der Waals surface area contributed by atoms with Crippen LogP contribution in [0.4, 0.5) is 21.6 Å². The molecule has 2 rings (SSSR count). The Bertz CT molecular complexity index is 607. The van der Waals surface area contributed by atoms with Crippen molar-refractivity contribution in [1.29, 1.82) is 0 Å². The summed E-state index contributed by atoms with van der Waals surface area (Å²) >= 11 is 0. The lowest BCUT2D eigenvalue weighted by atomic mass is 10.3. The van der Waals surface area contributed by atoms with Crippen molar-refractivity contribution >= 4 is 17.2 Å². The predicted molar refractivity (Wildman–Crippen MR) is 73.8 cm³/mol. The van der Waals surface area contributed by atoms with Crippen LogP contribution in [0, 0.1) is 5.82 Å². The van der Waals surface area contributed by atoms with Gasteiger partial charge in [-0.1, -0.05) is 0 Å². The van der Waals surface area contributed by atoms with Crippen molar-refractivity contribution < 1.29 is 13.9 Å². The first-order chi connectivity index (χ1) is 9.65. The van der Waals surface area contributed by atoms with Crippen molar-refractivity contribution in [1.82, 2.24) is 9.97 Å². The molecular weight excluding hydrogens is 263 g/mol. The molecule has 0 saturated carbocycles. The third-order valence-corrected chi connectivity index (χ3v) is 2.54.